The lowest BCUT2D eigenvalue weighted by Gasteiger charge is -2.10. The van der Waals surface area contributed by atoms with Crippen LogP contribution >= 0.6 is 23.2 Å². The summed E-state index contributed by atoms with van der Waals surface area (Å²) in [5, 5.41) is 0.182. The van der Waals surface area contributed by atoms with E-state index in [9.17, 15) is 13.2 Å². The Hall–Kier alpha value is -2.80. The van der Waals surface area contributed by atoms with Crippen molar-refractivity contribution in [2.75, 3.05) is 0 Å². The van der Waals surface area contributed by atoms with Gasteiger partial charge in [-0.05, 0) is 29.8 Å². The summed E-state index contributed by atoms with van der Waals surface area (Å²) in [6.07, 6.45) is 1.34. The van der Waals surface area contributed by atoms with Crippen LogP contribution in [0.1, 0.15) is 0 Å². The average molecular weight is 447 g/mol. The fourth-order valence-corrected chi connectivity index (χ4v) is 4.89. The van der Waals surface area contributed by atoms with E-state index in [-0.39, 0.29) is 31.7 Å². The smallest absolute Gasteiger partial charge is 0.342 e. The Bertz CT molecular complexity index is 1360. The third-order valence-corrected chi connectivity index (χ3v) is 6.41. The highest BCUT2D eigenvalue weighted by molar-refractivity contribution is 7.87. The highest BCUT2D eigenvalue weighted by atomic mass is 35.5. The Morgan fingerprint density at radius 2 is 1.55 bits per heavy atom. The standard InChI is InChI=1S/C21H12Cl2O5S/c22-17-7-4-8-18(23)21(17)29(25,26)28-14-9-10-15-19(11-14)27-12-16(20(15)24)13-5-2-1-3-6-13/h1-12H. The van der Waals surface area contributed by atoms with Crippen LogP contribution in [0.25, 0.3) is 22.1 Å². The number of halogens is 2. The molecule has 4 aromatic rings. The van der Waals surface area contributed by atoms with Gasteiger partial charge in [0.1, 0.15) is 22.5 Å². The van der Waals surface area contributed by atoms with E-state index in [2.05, 4.69) is 0 Å². The lowest BCUT2D eigenvalue weighted by atomic mass is 10.1. The van der Waals surface area contributed by atoms with E-state index in [1.807, 2.05) is 18.2 Å². The summed E-state index contributed by atoms with van der Waals surface area (Å²) in [4.78, 5) is 12.5. The number of benzene rings is 3. The number of hydrogen-bond donors (Lipinski definition) is 0. The molecule has 0 aliphatic heterocycles. The largest absolute Gasteiger partial charge is 0.463 e. The summed E-state index contributed by atoms with van der Waals surface area (Å²) in [5.74, 6) is -0.0379. The molecule has 29 heavy (non-hydrogen) atoms. The minimum atomic E-state index is -4.29. The van der Waals surface area contributed by atoms with E-state index in [0.717, 1.165) is 5.56 Å². The van der Waals surface area contributed by atoms with Crippen molar-refractivity contribution in [3.8, 4) is 16.9 Å². The van der Waals surface area contributed by atoms with Crippen LogP contribution < -0.4 is 9.61 Å². The van der Waals surface area contributed by atoms with Gasteiger partial charge in [-0.15, -0.1) is 0 Å². The molecule has 0 atom stereocenters. The fourth-order valence-electron chi connectivity index (χ4n) is 2.87. The highest BCUT2D eigenvalue weighted by Crippen LogP contribution is 2.32. The van der Waals surface area contributed by atoms with E-state index in [4.69, 9.17) is 31.8 Å². The molecule has 0 saturated carbocycles. The Balaban J connectivity index is 1.74. The van der Waals surface area contributed by atoms with E-state index in [0.29, 0.717) is 10.9 Å². The summed E-state index contributed by atoms with van der Waals surface area (Å²) >= 11 is 11.9. The number of fused-ring (bicyclic) bond motifs is 1. The second kappa shape index (κ2) is 7.55. The molecule has 8 heteroatoms. The quantitative estimate of drug-likeness (QED) is 0.385. The average Bonchev–Trinajstić information content (AvgIpc) is 2.68. The topological polar surface area (TPSA) is 73.6 Å². The molecule has 0 radical (unpaired) electrons. The van der Waals surface area contributed by atoms with Gasteiger partial charge in [0.2, 0.25) is 0 Å². The van der Waals surface area contributed by atoms with E-state index in [1.165, 1.54) is 42.7 Å². The maximum absolute atomic E-state index is 12.8. The zero-order valence-corrected chi connectivity index (χ0v) is 17.0. The summed E-state index contributed by atoms with van der Waals surface area (Å²) in [7, 11) is -4.29. The minimum absolute atomic E-state index is 0.0379. The van der Waals surface area contributed by atoms with Gasteiger partial charge in [0.25, 0.3) is 0 Å². The van der Waals surface area contributed by atoms with Gasteiger partial charge >= 0.3 is 10.1 Å². The molecule has 5 nitrogen and oxygen atoms in total. The molecule has 1 heterocycles. The monoisotopic (exact) mass is 446 g/mol. The third-order valence-electron chi connectivity index (χ3n) is 4.21. The molecule has 1 aromatic heterocycles. The van der Waals surface area contributed by atoms with Crippen molar-refractivity contribution < 1.29 is 17.0 Å². The van der Waals surface area contributed by atoms with Crippen molar-refractivity contribution >= 4 is 44.3 Å². The van der Waals surface area contributed by atoms with Crippen LogP contribution in [0.5, 0.6) is 5.75 Å². The van der Waals surface area contributed by atoms with E-state index < -0.39 is 10.1 Å². The lowest BCUT2D eigenvalue weighted by molar-refractivity contribution is 0.485. The first kappa shape index (κ1) is 19.5. The zero-order valence-electron chi connectivity index (χ0n) is 14.6. The van der Waals surface area contributed by atoms with Gasteiger partial charge in [0, 0.05) is 6.07 Å². The summed E-state index contributed by atoms with van der Waals surface area (Å²) in [6, 6.07) is 17.6. The second-order valence-electron chi connectivity index (χ2n) is 6.09. The molecule has 0 amide bonds. The number of rotatable bonds is 4. The first-order chi connectivity index (χ1) is 13.9. The Morgan fingerprint density at radius 3 is 2.24 bits per heavy atom. The van der Waals surface area contributed by atoms with Crippen LogP contribution in [-0.2, 0) is 10.1 Å². The van der Waals surface area contributed by atoms with Gasteiger partial charge in [-0.25, -0.2) is 0 Å². The van der Waals surface area contributed by atoms with Gasteiger partial charge in [0.05, 0.1) is 21.0 Å². The third kappa shape index (κ3) is 3.74. The molecular formula is C21H12Cl2O5S. The Labute approximate surface area is 176 Å². The lowest BCUT2D eigenvalue weighted by Crippen LogP contribution is -2.11. The molecule has 0 saturated heterocycles. The van der Waals surface area contributed by atoms with Crippen LogP contribution in [0.15, 0.2) is 87.1 Å². The first-order valence-corrected chi connectivity index (χ1v) is 10.5. The van der Waals surface area contributed by atoms with Gasteiger partial charge in [0.15, 0.2) is 5.43 Å². The maximum Gasteiger partial charge on any atom is 0.342 e. The van der Waals surface area contributed by atoms with Gasteiger partial charge in [-0.3, -0.25) is 4.79 Å². The van der Waals surface area contributed by atoms with E-state index >= 15 is 0 Å². The van der Waals surface area contributed by atoms with Crippen LogP contribution in [0, 0.1) is 0 Å². The van der Waals surface area contributed by atoms with Crippen molar-refractivity contribution in [3.05, 3.63) is 93.3 Å². The SMILES string of the molecule is O=c1c(-c2ccccc2)coc2cc(OS(=O)(=O)c3c(Cl)cccc3Cl)ccc12. The first-order valence-electron chi connectivity index (χ1n) is 8.36. The predicted molar refractivity (Wildman–Crippen MR) is 112 cm³/mol. The molecule has 0 N–H and O–H groups in total. The molecular weight excluding hydrogens is 435 g/mol. The molecule has 0 aliphatic carbocycles. The van der Waals surface area contributed by atoms with Crippen LogP contribution in [0.2, 0.25) is 10.0 Å². The molecule has 146 valence electrons. The van der Waals surface area contributed by atoms with Gasteiger partial charge in [-0.1, -0.05) is 59.6 Å². The van der Waals surface area contributed by atoms with Crippen LogP contribution in [0.4, 0.5) is 0 Å². The molecule has 3 aromatic carbocycles. The van der Waals surface area contributed by atoms with Crippen molar-refractivity contribution in [1.29, 1.82) is 0 Å². The van der Waals surface area contributed by atoms with Crippen LogP contribution in [-0.4, -0.2) is 8.42 Å². The molecule has 0 aliphatic rings. The molecule has 0 unspecified atom stereocenters. The molecule has 0 fully saturated rings. The van der Waals surface area contributed by atoms with Gasteiger partial charge < -0.3 is 8.60 Å². The van der Waals surface area contributed by atoms with E-state index in [1.54, 1.807) is 12.1 Å². The summed E-state index contributed by atoms with van der Waals surface area (Å²) in [5.41, 5.74) is 1.08. The van der Waals surface area contributed by atoms with Crippen molar-refractivity contribution in [1.82, 2.24) is 0 Å². The minimum Gasteiger partial charge on any atom is -0.463 e. The van der Waals surface area contributed by atoms with Crippen LogP contribution in [0.3, 0.4) is 0 Å². The molecule has 4 rings (SSSR count). The van der Waals surface area contributed by atoms with Crippen molar-refractivity contribution in [2.24, 2.45) is 0 Å². The molecule has 0 bridgehead atoms. The summed E-state index contributed by atoms with van der Waals surface area (Å²) in [6.45, 7) is 0. The highest BCUT2D eigenvalue weighted by Gasteiger charge is 2.24. The van der Waals surface area contributed by atoms with Crippen molar-refractivity contribution in [3.63, 3.8) is 0 Å². The fraction of sp³-hybridized carbons (Fsp3) is 0. The second-order valence-corrected chi connectivity index (χ2v) is 8.39. The Kier molecular flexibility index (Phi) is 5.08. The van der Waals surface area contributed by atoms with Gasteiger partial charge in [-0.2, -0.15) is 8.42 Å². The predicted octanol–water partition coefficient (Wildman–Crippen LogP) is 5.53. The summed E-state index contributed by atoms with van der Waals surface area (Å²) < 4.78 is 35.9. The Morgan fingerprint density at radius 1 is 0.862 bits per heavy atom. The van der Waals surface area contributed by atoms with Crippen molar-refractivity contribution in [2.45, 2.75) is 4.90 Å². The maximum atomic E-state index is 12.8. The molecule has 0 spiro atoms. The number of hydrogen-bond acceptors (Lipinski definition) is 5. The normalized spacial score (nSPS) is 11.5. The zero-order chi connectivity index (χ0) is 20.6.